The van der Waals surface area contributed by atoms with Crippen molar-refractivity contribution in [2.24, 2.45) is 5.41 Å². The number of barbiturate groups is 1. The standard InChI is InChI=1S/C30H34N6O6/c1-17(2)23-31-20-8-6-7-9-21(20)36(23)14-18-10-12-19(13-11-18)24(37)32-22-15-35(28(41)42-29(3,4)5)16-30(22)25(38)33-27(40)34-26(30)39/h6-13,17,22H,14-16H2,1-5H3,(H,32,37)(H2,33,34,38,39,40). The minimum atomic E-state index is -1.91. The van der Waals surface area contributed by atoms with Crippen LogP contribution < -0.4 is 16.0 Å². The summed E-state index contributed by atoms with van der Waals surface area (Å²) in [5.41, 5.74) is 0.467. The summed E-state index contributed by atoms with van der Waals surface area (Å²) in [4.78, 5) is 70.1. The Morgan fingerprint density at radius 1 is 1.05 bits per heavy atom. The van der Waals surface area contributed by atoms with Crippen LogP contribution >= 0.6 is 0 Å². The van der Waals surface area contributed by atoms with Crippen molar-refractivity contribution < 1.29 is 28.7 Å². The van der Waals surface area contributed by atoms with E-state index in [1.165, 1.54) is 4.90 Å². The number of imide groups is 2. The van der Waals surface area contributed by atoms with Gasteiger partial charge in [-0.25, -0.2) is 14.6 Å². The van der Waals surface area contributed by atoms with Gasteiger partial charge in [0.25, 0.3) is 5.91 Å². The zero-order valence-electron chi connectivity index (χ0n) is 24.2. The number of likely N-dealkylation sites (tertiary alicyclic amines) is 1. The van der Waals surface area contributed by atoms with Crippen LogP contribution in [-0.4, -0.2) is 69.0 Å². The number of hydrogen-bond donors (Lipinski definition) is 3. The van der Waals surface area contributed by atoms with Crippen molar-refractivity contribution in [1.29, 1.82) is 0 Å². The Labute approximate surface area is 242 Å². The number of fused-ring (bicyclic) bond motifs is 1. The molecule has 0 saturated carbocycles. The van der Waals surface area contributed by atoms with E-state index >= 15 is 0 Å². The predicted molar refractivity (Wildman–Crippen MR) is 153 cm³/mol. The summed E-state index contributed by atoms with van der Waals surface area (Å²) < 4.78 is 7.59. The van der Waals surface area contributed by atoms with Crippen molar-refractivity contribution in [2.75, 3.05) is 13.1 Å². The summed E-state index contributed by atoms with van der Waals surface area (Å²) in [6.07, 6.45) is -0.742. The maximum absolute atomic E-state index is 13.4. The minimum absolute atomic E-state index is 0.167. The molecule has 2 aliphatic heterocycles. The van der Waals surface area contributed by atoms with Gasteiger partial charge in [-0.15, -0.1) is 0 Å². The van der Waals surface area contributed by atoms with Gasteiger partial charge in [0.2, 0.25) is 11.8 Å². The lowest BCUT2D eigenvalue weighted by Gasteiger charge is -2.34. The molecule has 5 rings (SSSR count). The van der Waals surface area contributed by atoms with Gasteiger partial charge < -0.3 is 19.5 Å². The molecule has 0 radical (unpaired) electrons. The molecular formula is C30H34N6O6. The SMILES string of the molecule is CC(C)c1nc2ccccc2n1Cc1ccc(C(=O)NC2CN(C(=O)OC(C)(C)C)CC23C(=O)NC(=O)NC3=O)cc1. The highest BCUT2D eigenvalue weighted by molar-refractivity contribution is 6.20. The molecule has 1 unspecified atom stereocenters. The Balaban J connectivity index is 1.37. The van der Waals surface area contributed by atoms with Crippen molar-refractivity contribution in [3.05, 3.63) is 65.5 Å². The Kier molecular flexibility index (Phi) is 7.25. The molecule has 2 fully saturated rings. The average molecular weight is 575 g/mol. The molecule has 3 heterocycles. The fourth-order valence-corrected chi connectivity index (χ4v) is 5.40. The summed E-state index contributed by atoms with van der Waals surface area (Å²) in [6, 6.07) is 12.9. The number of carbonyl (C=O) groups excluding carboxylic acids is 5. The maximum Gasteiger partial charge on any atom is 0.410 e. The molecule has 3 N–H and O–H groups in total. The van der Waals surface area contributed by atoms with Gasteiger partial charge in [-0.3, -0.25) is 25.0 Å². The van der Waals surface area contributed by atoms with Gasteiger partial charge in [0.15, 0.2) is 5.41 Å². The second-order valence-electron chi connectivity index (χ2n) is 12.0. The summed E-state index contributed by atoms with van der Waals surface area (Å²) in [5.74, 6) is -1.15. The number of nitrogens with one attached hydrogen (secondary N) is 3. The molecule has 12 nitrogen and oxygen atoms in total. The molecule has 1 aromatic heterocycles. The summed E-state index contributed by atoms with van der Waals surface area (Å²) in [5, 5.41) is 6.95. The number of ether oxygens (including phenoxy) is 1. The van der Waals surface area contributed by atoms with E-state index in [4.69, 9.17) is 9.72 Å². The van der Waals surface area contributed by atoms with Crippen LogP contribution in [0.1, 0.15) is 62.3 Å². The van der Waals surface area contributed by atoms with Crippen molar-refractivity contribution >= 4 is 40.9 Å². The minimum Gasteiger partial charge on any atom is -0.444 e. The fraction of sp³-hybridized carbons (Fsp3) is 0.400. The van der Waals surface area contributed by atoms with E-state index < -0.39 is 46.9 Å². The highest BCUT2D eigenvalue weighted by Gasteiger charge is 2.62. The quantitative estimate of drug-likeness (QED) is 0.396. The molecule has 220 valence electrons. The first-order valence-corrected chi connectivity index (χ1v) is 13.8. The molecule has 42 heavy (non-hydrogen) atoms. The van der Waals surface area contributed by atoms with Crippen LogP contribution in [0.15, 0.2) is 48.5 Å². The number of imidazole rings is 1. The first-order chi connectivity index (χ1) is 19.8. The molecular weight excluding hydrogens is 540 g/mol. The first-order valence-electron chi connectivity index (χ1n) is 13.8. The van der Waals surface area contributed by atoms with Crippen LogP contribution in [0.2, 0.25) is 0 Å². The van der Waals surface area contributed by atoms with Crippen LogP contribution in [0.3, 0.4) is 0 Å². The number of carbonyl (C=O) groups is 5. The Morgan fingerprint density at radius 3 is 2.31 bits per heavy atom. The van der Waals surface area contributed by atoms with Gasteiger partial charge in [-0.2, -0.15) is 0 Å². The van der Waals surface area contributed by atoms with E-state index in [0.717, 1.165) is 22.4 Å². The summed E-state index contributed by atoms with van der Waals surface area (Å²) >= 11 is 0. The number of hydrogen-bond acceptors (Lipinski definition) is 7. The largest absolute Gasteiger partial charge is 0.444 e. The highest BCUT2D eigenvalue weighted by atomic mass is 16.6. The van der Waals surface area contributed by atoms with Gasteiger partial charge in [0.1, 0.15) is 11.4 Å². The second-order valence-corrected chi connectivity index (χ2v) is 12.0. The molecule has 2 saturated heterocycles. The van der Waals surface area contributed by atoms with E-state index in [9.17, 15) is 24.0 Å². The fourth-order valence-electron chi connectivity index (χ4n) is 5.40. The lowest BCUT2D eigenvalue weighted by atomic mass is 9.79. The number of nitrogens with zero attached hydrogens (tertiary/aromatic N) is 3. The predicted octanol–water partition coefficient (Wildman–Crippen LogP) is 2.91. The van der Waals surface area contributed by atoms with Gasteiger partial charge in [-0.1, -0.05) is 38.1 Å². The van der Waals surface area contributed by atoms with E-state index in [2.05, 4.69) is 34.4 Å². The molecule has 2 aromatic carbocycles. The van der Waals surface area contributed by atoms with E-state index in [1.54, 1.807) is 32.9 Å². The number of benzene rings is 2. The molecule has 0 aliphatic carbocycles. The molecule has 6 amide bonds. The Bertz CT molecular complexity index is 1570. The molecule has 1 atom stereocenters. The normalized spacial score (nSPS) is 18.4. The summed E-state index contributed by atoms with van der Waals surface area (Å²) in [6.45, 7) is 9.28. The van der Waals surface area contributed by atoms with Crippen molar-refractivity contribution in [3.8, 4) is 0 Å². The van der Waals surface area contributed by atoms with Gasteiger partial charge in [0.05, 0.1) is 17.1 Å². The third-order valence-corrected chi connectivity index (χ3v) is 7.42. The van der Waals surface area contributed by atoms with Gasteiger partial charge in [-0.05, 0) is 50.6 Å². The lowest BCUT2D eigenvalue weighted by Crippen LogP contribution is -2.69. The van der Waals surface area contributed by atoms with Crippen molar-refractivity contribution in [2.45, 2.75) is 58.7 Å². The Hall–Kier alpha value is -4.74. The third-order valence-electron chi connectivity index (χ3n) is 7.42. The molecule has 3 aromatic rings. The van der Waals surface area contributed by atoms with E-state index in [-0.39, 0.29) is 19.0 Å². The van der Waals surface area contributed by atoms with Gasteiger partial charge in [0, 0.05) is 31.1 Å². The zero-order valence-corrected chi connectivity index (χ0v) is 24.2. The second kappa shape index (κ2) is 10.6. The van der Waals surface area contributed by atoms with Gasteiger partial charge >= 0.3 is 12.1 Å². The Morgan fingerprint density at radius 2 is 1.69 bits per heavy atom. The van der Waals surface area contributed by atoms with Crippen LogP contribution in [0.5, 0.6) is 0 Å². The average Bonchev–Trinajstić information content (AvgIpc) is 3.47. The number of urea groups is 1. The molecule has 1 spiro atoms. The third kappa shape index (κ3) is 5.31. The van der Waals surface area contributed by atoms with Crippen LogP contribution in [0, 0.1) is 5.41 Å². The first kappa shape index (κ1) is 28.8. The number of rotatable bonds is 5. The smallest absolute Gasteiger partial charge is 0.410 e. The number of aromatic nitrogens is 2. The van der Waals surface area contributed by atoms with Crippen molar-refractivity contribution in [3.63, 3.8) is 0 Å². The van der Waals surface area contributed by atoms with Crippen LogP contribution in [-0.2, 0) is 20.9 Å². The monoisotopic (exact) mass is 574 g/mol. The molecule has 12 heteroatoms. The number of amides is 6. The maximum atomic E-state index is 13.4. The van der Waals surface area contributed by atoms with E-state index in [1.807, 2.05) is 36.4 Å². The highest BCUT2D eigenvalue weighted by Crippen LogP contribution is 2.34. The topological polar surface area (TPSA) is 152 Å². The number of para-hydroxylation sites is 2. The van der Waals surface area contributed by atoms with Crippen molar-refractivity contribution in [1.82, 2.24) is 30.4 Å². The zero-order chi connectivity index (χ0) is 30.4. The lowest BCUT2D eigenvalue weighted by molar-refractivity contribution is -0.144. The summed E-state index contributed by atoms with van der Waals surface area (Å²) in [7, 11) is 0. The van der Waals surface area contributed by atoms with Crippen LogP contribution in [0.25, 0.3) is 11.0 Å². The molecule has 0 bridgehead atoms. The van der Waals surface area contributed by atoms with E-state index in [0.29, 0.717) is 12.1 Å². The van der Waals surface area contributed by atoms with Crippen LogP contribution in [0.4, 0.5) is 9.59 Å². The molecule has 2 aliphatic rings.